The monoisotopic (exact) mass is 171 g/mol. The third kappa shape index (κ3) is 1.58. The number of allylic oxidation sites excluding steroid dienone is 1. The number of hydrogen-bond acceptors (Lipinski definition) is 4. The minimum absolute atomic E-state index is 0.00593. The number of aldehydes is 1. The molecule has 2 N–H and O–H groups in total. The van der Waals surface area contributed by atoms with Gasteiger partial charge in [0.25, 0.3) is 0 Å². The van der Waals surface area contributed by atoms with Gasteiger partial charge in [0.1, 0.15) is 12.0 Å². The molecule has 1 rings (SSSR count). The van der Waals surface area contributed by atoms with E-state index in [9.17, 15) is 4.79 Å². The minimum Gasteiger partial charge on any atom is -0.513 e. The quantitative estimate of drug-likeness (QED) is 0.357. The van der Waals surface area contributed by atoms with E-state index in [4.69, 9.17) is 10.2 Å². The lowest BCUT2D eigenvalue weighted by atomic mass is 10.2. The summed E-state index contributed by atoms with van der Waals surface area (Å²) in [6.07, 6.45) is 3.23. The van der Waals surface area contributed by atoms with Gasteiger partial charge in [0.2, 0.25) is 0 Å². The van der Waals surface area contributed by atoms with Crippen LogP contribution < -0.4 is 0 Å². The summed E-state index contributed by atoms with van der Waals surface area (Å²) in [6.45, 7) is 0.765. The predicted octanol–water partition coefficient (Wildman–Crippen LogP) is 0.0414. The lowest BCUT2D eigenvalue weighted by molar-refractivity contribution is -0.106. The molecule has 0 aromatic carbocycles. The van der Waals surface area contributed by atoms with E-state index in [0.29, 0.717) is 6.29 Å². The Morgan fingerprint density at radius 3 is 2.92 bits per heavy atom. The lowest BCUT2D eigenvalue weighted by Crippen LogP contribution is -2.32. The van der Waals surface area contributed by atoms with Crippen LogP contribution in [-0.4, -0.2) is 40.6 Å². The van der Waals surface area contributed by atoms with Crippen LogP contribution in [0, 0.1) is 0 Å². The molecule has 1 aliphatic rings. The maximum absolute atomic E-state index is 10.4. The highest BCUT2D eigenvalue weighted by Crippen LogP contribution is 2.20. The van der Waals surface area contributed by atoms with E-state index in [-0.39, 0.29) is 18.3 Å². The van der Waals surface area contributed by atoms with Crippen molar-refractivity contribution >= 4 is 6.29 Å². The maximum atomic E-state index is 10.4. The Morgan fingerprint density at radius 2 is 2.42 bits per heavy atom. The van der Waals surface area contributed by atoms with Crippen LogP contribution in [0.25, 0.3) is 0 Å². The molecule has 0 spiro atoms. The molecule has 0 saturated carbocycles. The van der Waals surface area contributed by atoms with Gasteiger partial charge in [-0.2, -0.15) is 0 Å². The fourth-order valence-corrected chi connectivity index (χ4v) is 1.54. The van der Waals surface area contributed by atoms with Crippen molar-refractivity contribution in [1.82, 2.24) is 4.90 Å². The molecule has 1 atom stereocenters. The molecule has 4 heteroatoms. The summed E-state index contributed by atoms with van der Waals surface area (Å²) in [6, 6.07) is -0.00593. The van der Waals surface area contributed by atoms with Crippen LogP contribution in [0.2, 0.25) is 0 Å². The normalized spacial score (nSPS) is 24.6. The molecule has 0 bridgehead atoms. The van der Waals surface area contributed by atoms with Crippen molar-refractivity contribution in [1.29, 1.82) is 0 Å². The van der Waals surface area contributed by atoms with Gasteiger partial charge in [0, 0.05) is 6.54 Å². The first-order valence-electron chi connectivity index (χ1n) is 4.00. The first-order chi connectivity index (χ1) is 5.83. The largest absolute Gasteiger partial charge is 0.513 e. The van der Waals surface area contributed by atoms with E-state index in [1.54, 1.807) is 4.90 Å². The molecule has 4 nitrogen and oxygen atoms in total. The van der Waals surface area contributed by atoms with Gasteiger partial charge in [-0.1, -0.05) is 0 Å². The summed E-state index contributed by atoms with van der Waals surface area (Å²) in [7, 11) is 0. The first kappa shape index (κ1) is 9.06. The summed E-state index contributed by atoms with van der Waals surface area (Å²) in [5.41, 5.74) is 0.256. The van der Waals surface area contributed by atoms with Gasteiger partial charge in [0.05, 0.1) is 12.6 Å². The number of carbonyl (C=O) groups excluding carboxylic acids is 1. The van der Waals surface area contributed by atoms with Crippen LogP contribution in [0.4, 0.5) is 0 Å². The SMILES string of the molecule is O=C/C(=C\O)N1CCCC1CO. The Morgan fingerprint density at radius 1 is 1.67 bits per heavy atom. The summed E-state index contributed by atoms with van der Waals surface area (Å²) >= 11 is 0. The second-order valence-electron chi connectivity index (χ2n) is 2.84. The van der Waals surface area contributed by atoms with Gasteiger partial charge in [-0.05, 0) is 12.8 Å². The maximum Gasteiger partial charge on any atom is 0.169 e. The van der Waals surface area contributed by atoms with Crippen molar-refractivity contribution in [3.8, 4) is 0 Å². The number of likely N-dealkylation sites (tertiary alicyclic amines) is 1. The van der Waals surface area contributed by atoms with E-state index in [1.807, 2.05) is 0 Å². The second kappa shape index (κ2) is 4.11. The Hall–Kier alpha value is -1.03. The van der Waals surface area contributed by atoms with E-state index in [2.05, 4.69) is 0 Å². The Kier molecular flexibility index (Phi) is 3.10. The average molecular weight is 171 g/mol. The van der Waals surface area contributed by atoms with Crippen LogP contribution in [-0.2, 0) is 4.79 Å². The van der Waals surface area contributed by atoms with Crippen LogP contribution in [0.3, 0.4) is 0 Å². The zero-order chi connectivity index (χ0) is 8.97. The molecule has 1 saturated heterocycles. The molecule has 0 amide bonds. The molecule has 0 aliphatic carbocycles. The fourth-order valence-electron chi connectivity index (χ4n) is 1.54. The molecule has 68 valence electrons. The molecule has 1 fully saturated rings. The first-order valence-corrected chi connectivity index (χ1v) is 4.00. The molecule has 1 unspecified atom stereocenters. The molecule has 1 heterocycles. The molecule has 0 aromatic rings. The van der Waals surface area contributed by atoms with Crippen molar-refractivity contribution in [3.05, 3.63) is 12.0 Å². The van der Waals surface area contributed by atoms with Crippen molar-refractivity contribution in [2.75, 3.05) is 13.2 Å². The fraction of sp³-hybridized carbons (Fsp3) is 0.625. The second-order valence-corrected chi connectivity index (χ2v) is 2.84. The number of nitrogens with zero attached hydrogens (tertiary/aromatic N) is 1. The number of aliphatic hydroxyl groups is 2. The number of carbonyl (C=O) groups is 1. The predicted molar refractivity (Wildman–Crippen MR) is 43.6 cm³/mol. The van der Waals surface area contributed by atoms with Gasteiger partial charge in [-0.25, -0.2) is 0 Å². The van der Waals surface area contributed by atoms with E-state index < -0.39 is 0 Å². The highest BCUT2D eigenvalue weighted by Gasteiger charge is 2.25. The van der Waals surface area contributed by atoms with Crippen LogP contribution >= 0.6 is 0 Å². The highest BCUT2D eigenvalue weighted by atomic mass is 16.3. The zero-order valence-electron chi connectivity index (χ0n) is 6.81. The minimum atomic E-state index is -0.00593. The van der Waals surface area contributed by atoms with Crippen LogP contribution in [0.1, 0.15) is 12.8 Å². The van der Waals surface area contributed by atoms with E-state index in [0.717, 1.165) is 25.6 Å². The Balaban J connectivity index is 2.66. The summed E-state index contributed by atoms with van der Waals surface area (Å²) in [4.78, 5) is 12.2. The van der Waals surface area contributed by atoms with Crippen LogP contribution in [0.5, 0.6) is 0 Å². The standard InChI is InChI=1S/C8H13NO3/c10-4-7-2-1-3-9(7)8(5-11)6-12/h5-7,10-11H,1-4H2/b8-5+. The zero-order valence-corrected chi connectivity index (χ0v) is 6.81. The molecule has 1 aliphatic heterocycles. The Labute approximate surface area is 71.1 Å². The molecule has 12 heavy (non-hydrogen) atoms. The number of aliphatic hydroxyl groups excluding tert-OH is 2. The van der Waals surface area contributed by atoms with Gasteiger partial charge in [-0.15, -0.1) is 0 Å². The smallest absolute Gasteiger partial charge is 0.169 e. The van der Waals surface area contributed by atoms with E-state index in [1.165, 1.54) is 0 Å². The molecular weight excluding hydrogens is 158 g/mol. The van der Waals surface area contributed by atoms with Gasteiger partial charge >= 0.3 is 0 Å². The molecule has 0 aromatic heterocycles. The van der Waals surface area contributed by atoms with Gasteiger partial charge in [0.15, 0.2) is 6.29 Å². The van der Waals surface area contributed by atoms with Gasteiger partial charge < -0.3 is 15.1 Å². The van der Waals surface area contributed by atoms with Crippen molar-refractivity contribution < 1.29 is 15.0 Å². The van der Waals surface area contributed by atoms with E-state index >= 15 is 0 Å². The van der Waals surface area contributed by atoms with Crippen molar-refractivity contribution in [2.24, 2.45) is 0 Å². The third-order valence-electron chi connectivity index (χ3n) is 2.17. The van der Waals surface area contributed by atoms with Gasteiger partial charge in [-0.3, -0.25) is 4.79 Å². The molecule has 0 radical (unpaired) electrons. The topological polar surface area (TPSA) is 60.8 Å². The Bertz CT molecular complexity index is 191. The summed E-state index contributed by atoms with van der Waals surface area (Å²) in [5, 5.41) is 17.6. The third-order valence-corrected chi connectivity index (χ3v) is 2.17. The van der Waals surface area contributed by atoms with Crippen molar-refractivity contribution in [3.63, 3.8) is 0 Å². The van der Waals surface area contributed by atoms with Crippen LogP contribution in [0.15, 0.2) is 12.0 Å². The highest BCUT2D eigenvalue weighted by molar-refractivity contribution is 5.71. The summed E-state index contributed by atoms with van der Waals surface area (Å²) < 4.78 is 0. The molecular formula is C8H13NO3. The number of hydrogen-bond donors (Lipinski definition) is 2. The summed E-state index contributed by atoms with van der Waals surface area (Å²) in [5.74, 6) is 0. The average Bonchev–Trinajstić information content (AvgIpc) is 2.55. The number of rotatable bonds is 3. The lowest BCUT2D eigenvalue weighted by Gasteiger charge is -2.23. The van der Waals surface area contributed by atoms with Crippen molar-refractivity contribution in [2.45, 2.75) is 18.9 Å².